The van der Waals surface area contributed by atoms with E-state index in [9.17, 15) is 9.59 Å². The molecule has 0 spiro atoms. The number of carbonyl (C=O) groups is 2. The average molecular weight is 430 g/mol. The van der Waals surface area contributed by atoms with E-state index in [1.54, 1.807) is 36.5 Å². The SMILES string of the molecule is CC(C)(C)c1ccc(C(=O)Nc2ccc(NC(=O)c3ccc(C(C)(C)C)cn3)cc2)cc1. The third-order valence-corrected chi connectivity index (χ3v) is 5.28. The van der Waals surface area contributed by atoms with Crippen LogP contribution in [0.4, 0.5) is 11.4 Å². The maximum Gasteiger partial charge on any atom is 0.274 e. The minimum atomic E-state index is -0.277. The van der Waals surface area contributed by atoms with Crippen LogP contribution in [0, 0.1) is 0 Å². The molecule has 0 aliphatic heterocycles. The molecule has 1 heterocycles. The summed E-state index contributed by atoms with van der Waals surface area (Å²) < 4.78 is 0. The Morgan fingerprint density at radius 2 is 1.09 bits per heavy atom. The molecule has 32 heavy (non-hydrogen) atoms. The maximum atomic E-state index is 12.5. The van der Waals surface area contributed by atoms with Gasteiger partial charge >= 0.3 is 0 Å². The number of benzene rings is 2. The molecule has 0 aliphatic carbocycles. The Kier molecular flexibility index (Phi) is 6.49. The Bertz CT molecular complexity index is 996. The van der Waals surface area contributed by atoms with Crippen LogP contribution in [0.25, 0.3) is 0 Å². The van der Waals surface area contributed by atoms with Gasteiger partial charge in [0.2, 0.25) is 0 Å². The van der Waals surface area contributed by atoms with Crippen LogP contribution in [-0.4, -0.2) is 16.8 Å². The summed E-state index contributed by atoms with van der Waals surface area (Å²) in [5.41, 5.74) is 4.51. The number of pyridine rings is 1. The highest BCUT2D eigenvalue weighted by atomic mass is 16.2. The van der Waals surface area contributed by atoms with Crippen molar-refractivity contribution < 1.29 is 9.59 Å². The highest BCUT2D eigenvalue weighted by Crippen LogP contribution is 2.23. The zero-order valence-corrected chi connectivity index (χ0v) is 19.6. The first-order chi connectivity index (χ1) is 14.9. The molecule has 3 aromatic rings. The zero-order valence-electron chi connectivity index (χ0n) is 19.6. The Hall–Kier alpha value is -3.47. The average Bonchev–Trinajstić information content (AvgIpc) is 2.74. The minimum absolute atomic E-state index is 0.0170. The van der Waals surface area contributed by atoms with Crippen LogP contribution < -0.4 is 10.6 Å². The van der Waals surface area contributed by atoms with E-state index in [-0.39, 0.29) is 22.6 Å². The van der Waals surface area contributed by atoms with E-state index in [4.69, 9.17) is 0 Å². The minimum Gasteiger partial charge on any atom is -0.322 e. The van der Waals surface area contributed by atoms with Crippen molar-refractivity contribution >= 4 is 23.2 Å². The van der Waals surface area contributed by atoms with Gasteiger partial charge in [0.25, 0.3) is 11.8 Å². The molecule has 0 fully saturated rings. The molecule has 1 aromatic heterocycles. The Morgan fingerprint density at radius 1 is 0.625 bits per heavy atom. The molecule has 166 valence electrons. The van der Waals surface area contributed by atoms with Crippen LogP contribution in [0.15, 0.2) is 66.9 Å². The molecule has 5 nitrogen and oxygen atoms in total. The van der Waals surface area contributed by atoms with Crippen LogP contribution in [0.2, 0.25) is 0 Å². The third kappa shape index (κ3) is 5.82. The fraction of sp³-hybridized carbons (Fsp3) is 0.296. The van der Waals surface area contributed by atoms with Crippen LogP contribution in [0.1, 0.15) is 73.5 Å². The fourth-order valence-electron chi connectivity index (χ4n) is 3.13. The molecule has 0 radical (unpaired) electrons. The van der Waals surface area contributed by atoms with Gasteiger partial charge in [-0.2, -0.15) is 0 Å². The van der Waals surface area contributed by atoms with Crippen LogP contribution in [0.5, 0.6) is 0 Å². The summed E-state index contributed by atoms with van der Waals surface area (Å²) >= 11 is 0. The third-order valence-electron chi connectivity index (χ3n) is 5.28. The zero-order chi connectivity index (χ0) is 23.5. The lowest BCUT2D eigenvalue weighted by molar-refractivity contribution is 0.101. The molecule has 2 aromatic carbocycles. The quantitative estimate of drug-likeness (QED) is 0.520. The lowest BCUT2D eigenvalue weighted by Crippen LogP contribution is -2.16. The number of amides is 2. The molecule has 0 bridgehead atoms. The first-order valence-corrected chi connectivity index (χ1v) is 10.7. The van der Waals surface area contributed by atoms with Crippen molar-refractivity contribution in [1.82, 2.24) is 4.98 Å². The molecule has 2 amide bonds. The Labute approximate surface area is 190 Å². The number of hydrogen-bond donors (Lipinski definition) is 2. The monoisotopic (exact) mass is 429 g/mol. The van der Waals surface area contributed by atoms with Crippen molar-refractivity contribution in [3.05, 3.63) is 89.2 Å². The number of nitrogens with one attached hydrogen (secondary N) is 2. The van der Waals surface area contributed by atoms with Crippen molar-refractivity contribution in [3.8, 4) is 0 Å². The van der Waals surface area contributed by atoms with Gasteiger partial charge in [0.15, 0.2) is 0 Å². The van der Waals surface area contributed by atoms with Gasteiger partial charge in [-0.15, -0.1) is 0 Å². The van der Waals surface area contributed by atoms with E-state index in [1.807, 2.05) is 30.3 Å². The summed E-state index contributed by atoms with van der Waals surface area (Å²) in [4.78, 5) is 29.3. The second-order valence-corrected chi connectivity index (χ2v) is 10.00. The van der Waals surface area contributed by atoms with E-state index in [1.165, 1.54) is 5.56 Å². The maximum absolute atomic E-state index is 12.5. The Morgan fingerprint density at radius 3 is 1.53 bits per heavy atom. The Balaban J connectivity index is 1.61. The van der Waals surface area contributed by atoms with Gasteiger partial charge in [-0.25, -0.2) is 0 Å². The number of anilines is 2. The molecule has 0 unspecified atom stereocenters. The standard InChI is InChI=1S/C27H31N3O2/c1-26(2,3)19-9-7-18(8-10-19)24(31)29-21-12-14-22(15-13-21)30-25(32)23-16-11-20(17-28-23)27(4,5)6/h7-17H,1-6H3,(H,29,31)(H,30,32). The molecular formula is C27H31N3O2. The van der Waals surface area contributed by atoms with Gasteiger partial charge < -0.3 is 10.6 Å². The van der Waals surface area contributed by atoms with Gasteiger partial charge in [0, 0.05) is 23.1 Å². The first-order valence-electron chi connectivity index (χ1n) is 10.7. The van der Waals surface area contributed by atoms with Crippen LogP contribution in [0.3, 0.4) is 0 Å². The fourth-order valence-corrected chi connectivity index (χ4v) is 3.13. The largest absolute Gasteiger partial charge is 0.322 e. The normalized spacial score (nSPS) is 11.7. The van der Waals surface area contributed by atoms with Gasteiger partial charge in [0.05, 0.1) is 0 Å². The van der Waals surface area contributed by atoms with Gasteiger partial charge in [-0.05, 0) is 64.4 Å². The van der Waals surface area contributed by atoms with Crippen molar-refractivity contribution in [2.75, 3.05) is 10.6 Å². The van der Waals surface area contributed by atoms with Crippen molar-refractivity contribution in [1.29, 1.82) is 0 Å². The molecule has 5 heteroatoms. The summed E-state index contributed by atoms with van der Waals surface area (Å²) in [6.07, 6.45) is 1.74. The summed E-state index contributed by atoms with van der Waals surface area (Å²) in [7, 11) is 0. The van der Waals surface area contributed by atoms with Gasteiger partial charge in [0.1, 0.15) is 5.69 Å². The summed E-state index contributed by atoms with van der Waals surface area (Å²) in [6, 6.07) is 18.3. The van der Waals surface area contributed by atoms with E-state index >= 15 is 0 Å². The van der Waals surface area contributed by atoms with E-state index in [0.29, 0.717) is 22.6 Å². The molecule has 2 N–H and O–H groups in total. The molecule has 0 atom stereocenters. The summed E-state index contributed by atoms with van der Waals surface area (Å²) in [5.74, 6) is -0.452. The highest BCUT2D eigenvalue weighted by molar-refractivity contribution is 6.05. The van der Waals surface area contributed by atoms with E-state index in [2.05, 4.69) is 57.2 Å². The number of carbonyl (C=O) groups excluding carboxylic acids is 2. The predicted octanol–water partition coefficient (Wildman–Crippen LogP) is 6.18. The number of rotatable bonds is 4. The lowest BCUT2D eigenvalue weighted by Gasteiger charge is -2.19. The smallest absolute Gasteiger partial charge is 0.274 e. The molecule has 0 saturated heterocycles. The highest BCUT2D eigenvalue weighted by Gasteiger charge is 2.16. The van der Waals surface area contributed by atoms with Gasteiger partial charge in [-0.3, -0.25) is 14.6 Å². The van der Waals surface area contributed by atoms with E-state index < -0.39 is 0 Å². The van der Waals surface area contributed by atoms with Crippen LogP contribution >= 0.6 is 0 Å². The number of hydrogen-bond acceptors (Lipinski definition) is 3. The topological polar surface area (TPSA) is 71.1 Å². The van der Waals surface area contributed by atoms with Crippen molar-refractivity contribution in [2.24, 2.45) is 0 Å². The second-order valence-electron chi connectivity index (χ2n) is 10.00. The van der Waals surface area contributed by atoms with Crippen LogP contribution in [-0.2, 0) is 10.8 Å². The molecule has 0 saturated carbocycles. The van der Waals surface area contributed by atoms with Crippen molar-refractivity contribution in [2.45, 2.75) is 52.4 Å². The second kappa shape index (κ2) is 8.95. The number of nitrogens with zero attached hydrogens (tertiary/aromatic N) is 1. The molecule has 3 rings (SSSR count). The number of aromatic nitrogens is 1. The van der Waals surface area contributed by atoms with Gasteiger partial charge in [-0.1, -0.05) is 59.7 Å². The van der Waals surface area contributed by atoms with Crippen molar-refractivity contribution in [3.63, 3.8) is 0 Å². The summed E-state index contributed by atoms with van der Waals surface area (Å²) in [6.45, 7) is 12.7. The first kappa shape index (κ1) is 23.2. The summed E-state index contributed by atoms with van der Waals surface area (Å²) in [5, 5.41) is 5.72. The molecule has 0 aliphatic rings. The van der Waals surface area contributed by atoms with E-state index in [0.717, 1.165) is 5.56 Å². The molecular weight excluding hydrogens is 398 g/mol. The predicted molar refractivity (Wildman–Crippen MR) is 130 cm³/mol. The lowest BCUT2D eigenvalue weighted by atomic mass is 9.87.